The van der Waals surface area contributed by atoms with Crippen LogP contribution in [0.1, 0.15) is 56.1 Å². The van der Waals surface area contributed by atoms with Crippen LogP contribution < -0.4 is 0 Å². The molecule has 5 atom stereocenters. The summed E-state index contributed by atoms with van der Waals surface area (Å²) in [6.07, 6.45) is 6.00. The van der Waals surface area contributed by atoms with Crippen LogP contribution in [0.3, 0.4) is 0 Å². The molecule has 3 aliphatic carbocycles. The average Bonchev–Trinajstić information content (AvgIpc) is 3.11. The van der Waals surface area contributed by atoms with Gasteiger partial charge in [0.25, 0.3) is 5.69 Å². The maximum absolute atomic E-state index is 11.3. The molecule has 0 saturated heterocycles. The number of nitrogens with zero attached hydrogens (tertiary/aromatic N) is 4. The number of aliphatic hydroxyl groups excluding tert-OH is 1. The molecule has 9 heteroatoms. The lowest BCUT2D eigenvalue weighted by molar-refractivity contribution is -0.393. The molecule has 172 valence electrons. The summed E-state index contributed by atoms with van der Waals surface area (Å²) in [5, 5.41) is 41.0. The van der Waals surface area contributed by atoms with Gasteiger partial charge in [0.15, 0.2) is 5.69 Å². The van der Waals surface area contributed by atoms with E-state index in [4.69, 9.17) is 0 Å². The first-order chi connectivity index (χ1) is 15.8. The fraction of sp³-hybridized carbons (Fsp3) is 0.500. The summed E-state index contributed by atoms with van der Waals surface area (Å²) in [5.74, 6) is 1.67. The maximum Gasteiger partial charge on any atom is 0.303 e. The molecule has 0 heterocycles. The van der Waals surface area contributed by atoms with Gasteiger partial charge in [-0.25, -0.2) is 0 Å². The third-order valence-corrected chi connectivity index (χ3v) is 8.30. The maximum atomic E-state index is 11.3. The first-order valence-electron chi connectivity index (χ1n) is 11.4. The van der Waals surface area contributed by atoms with Gasteiger partial charge in [-0.15, -0.1) is 5.11 Å². The number of hydrogen-bond acceptors (Lipinski definition) is 7. The number of fused-ring (bicyclic) bond motifs is 5. The number of aliphatic hydroxyl groups is 1. The first kappa shape index (κ1) is 21.6. The minimum absolute atomic E-state index is 0.0188. The second kappa shape index (κ2) is 7.98. The lowest BCUT2D eigenvalue weighted by Crippen LogP contribution is -2.43. The van der Waals surface area contributed by atoms with Gasteiger partial charge in [-0.1, -0.05) is 13.0 Å². The van der Waals surface area contributed by atoms with Gasteiger partial charge in [-0.2, -0.15) is 5.11 Å². The van der Waals surface area contributed by atoms with Crippen LogP contribution in [-0.4, -0.2) is 21.1 Å². The zero-order valence-corrected chi connectivity index (χ0v) is 18.4. The second-order valence-electron chi connectivity index (χ2n) is 9.82. The predicted octanol–water partition coefficient (Wildman–Crippen LogP) is 6.14. The molecule has 2 saturated carbocycles. The van der Waals surface area contributed by atoms with Crippen LogP contribution in [0.4, 0.5) is 22.7 Å². The molecule has 0 radical (unpaired) electrons. The number of non-ortho nitro benzene ring substituents is 1. The van der Waals surface area contributed by atoms with Crippen molar-refractivity contribution in [1.29, 1.82) is 0 Å². The highest BCUT2D eigenvalue weighted by molar-refractivity contribution is 5.61. The Labute approximate surface area is 190 Å². The number of benzene rings is 2. The van der Waals surface area contributed by atoms with E-state index in [9.17, 15) is 25.3 Å². The standard InChI is InChI=1S/C24H26N4O5/c1-24-11-10-18-17-6-3-15(12-14(17)2-5-19(18)20(24)7-9-23(24)29)25-26-21-8-4-16(27(30)31)13-22(21)28(32)33/h3-4,6,8,12-13,18-20,23,29H,2,5,7,9-11H2,1H3. The zero-order chi connectivity index (χ0) is 23.3. The Morgan fingerprint density at radius 2 is 1.82 bits per heavy atom. The second-order valence-corrected chi connectivity index (χ2v) is 9.82. The van der Waals surface area contributed by atoms with Crippen LogP contribution in [0.2, 0.25) is 0 Å². The monoisotopic (exact) mass is 450 g/mol. The van der Waals surface area contributed by atoms with Crippen molar-refractivity contribution in [3.05, 3.63) is 67.8 Å². The summed E-state index contributed by atoms with van der Waals surface area (Å²) in [6, 6.07) is 9.34. The molecule has 2 aromatic rings. The summed E-state index contributed by atoms with van der Waals surface area (Å²) < 4.78 is 0. The van der Waals surface area contributed by atoms with E-state index >= 15 is 0 Å². The molecule has 9 nitrogen and oxygen atoms in total. The molecule has 5 unspecified atom stereocenters. The molecule has 2 fully saturated rings. The minimum Gasteiger partial charge on any atom is -0.393 e. The molecule has 33 heavy (non-hydrogen) atoms. The summed E-state index contributed by atoms with van der Waals surface area (Å²) in [7, 11) is 0. The Bertz CT molecular complexity index is 1170. The molecule has 2 aromatic carbocycles. The molecule has 5 rings (SSSR count). The van der Waals surface area contributed by atoms with Gasteiger partial charge in [-0.3, -0.25) is 20.2 Å². The van der Waals surface area contributed by atoms with Crippen LogP contribution in [0.15, 0.2) is 46.6 Å². The molecule has 1 N–H and O–H groups in total. The lowest BCUT2D eigenvalue weighted by atomic mass is 9.55. The number of azo groups is 1. The summed E-state index contributed by atoms with van der Waals surface area (Å²) in [4.78, 5) is 20.9. The number of aryl methyl sites for hydroxylation is 1. The van der Waals surface area contributed by atoms with Crippen molar-refractivity contribution >= 4 is 22.7 Å². The van der Waals surface area contributed by atoms with Crippen molar-refractivity contribution in [2.24, 2.45) is 27.5 Å². The van der Waals surface area contributed by atoms with Gasteiger partial charge in [0.2, 0.25) is 0 Å². The molecule has 0 aromatic heterocycles. The smallest absolute Gasteiger partial charge is 0.303 e. The lowest BCUT2D eigenvalue weighted by Gasteiger charge is -2.50. The normalized spacial score (nSPS) is 30.5. The van der Waals surface area contributed by atoms with E-state index in [1.54, 1.807) is 0 Å². The third-order valence-electron chi connectivity index (χ3n) is 8.30. The Morgan fingerprint density at radius 3 is 2.58 bits per heavy atom. The molecular formula is C24H26N4O5. The van der Waals surface area contributed by atoms with E-state index in [0.29, 0.717) is 23.4 Å². The average molecular weight is 450 g/mol. The van der Waals surface area contributed by atoms with Gasteiger partial charge in [-0.05, 0) is 91.0 Å². The molecule has 3 aliphatic rings. The van der Waals surface area contributed by atoms with Crippen LogP contribution >= 0.6 is 0 Å². The topological polar surface area (TPSA) is 131 Å². The minimum atomic E-state index is -0.689. The van der Waals surface area contributed by atoms with Crippen LogP contribution in [0, 0.1) is 37.5 Å². The van der Waals surface area contributed by atoms with Crippen molar-refractivity contribution < 1.29 is 15.0 Å². The summed E-state index contributed by atoms with van der Waals surface area (Å²) in [6.45, 7) is 2.27. The Kier molecular flexibility index (Phi) is 5.23. The van der Waals surface area contributed by atoms with Gasteiger partial charge in [0, 0.05) is 6.07 Å². The summed E-state index contributed by atoms with van der Waals surface area (Å²) >= 11 is 0. The number of nitro benzene ring substituents is 2. The molecular weight excluding hydrogens is 424 g/mol. The highest BCUT2D eigenvalue weighted by atomic mass is 16.6. The van der Waals surface area contributed by atoms with Gasteiger partial charge >= 0.3 is 5.69 Å². The third kappa shape index (κ3) is 3.60. The number of rotatable bonds is 4. The molecule has 0 amide bonds. The predicted molar refractivity (Wildman–Crippen MR) is 121 cm³/mol. The van der Waals surface area contributed by atoms with E-state index in [0.717, 1.165) is 44.6 Å². The Morgan fingerprint density at radius 1 is 1.00 bits per heavy atom. The first-order valence-corrected chi connectivity index (χ1v) is 11.4. The van der Waals surface area contributed by atoms with E-state index in [1.165, 1.54) is 23.3 Å². The van der Waals surface area contributed by atoms with Crippen molar-refractivity contribution in [3.63, 3.8) is 0 Å². The van der Waals surface area contributed by atoms with Crippen molar-refractivity contribution in [1.82, 2.24) is 0 Å². The highest BCUT2D eigenvalue weighted by Crippen LogP contribution is 2.60. The number of nitro groups is 2. The van der Waals surface area contributed by atoms with Gasteiger partial charge in [0.1, 0.15) is 0 Å². The SMILES string of the molecule is CC12CCC3c4ccc(N=Nc5ccc([N+](=O)[O-])cc5[N+](=O)[O-])cc4CCC3C1CCC2O. The van der Waals surface area contributed by atoms with Crippen LogP contribution in [0.5, 0.6) is 0 Å². The molecule has 0 spiro atoms. The van der Waals surface area contributed by atoms with E-state index in [-0.39, 0.29) is 22.9 Å². The fourth-order valence-electron chi connectivity index (χ4n) is 6.57. The van der Waals surface area contributed by atoms with E-state index < -0.39 is 15.5 Å². The van der Waals surface area contributed by atoms with Crippen molar-refractivity contribution in [3.8, 4) is 0 Å². The Balaban J connectivity index is 1.39. The van der Waals surface area contributed by atoms with Crippen molar-refractivity contribution in [2.75, 3.05) is 0 Å². The fourth-order valence-corrected chi connectivity index (χ4v) is 6.57. The van der Waals surface area contributed by atoms with Crippen molar-refractivity contribution in [2.45, 2.75) is 57.5 Å². The van der Waals surface area contributed by atoms with Crippen LogP contribution in [0.25, 0.3) is 0 Å². The number of hydrogen-bond donors (Lipinski definition) is 1. The Hall–Kier alpha value is -3.20. The largest absolute Gasteiger partial charge is 0.393 e. The van der Waals surface area contributed by atoms with Crippen LogP contribution in [-0.2, 0) is 6.42 Å². The summed E-state index contributed by atoms with van der Waals surface area (Å²) in [5.41, 5.74) is 2.43. The van der Waals surface area contributed by atoms with E-state index in [2.05, 4.69) is 23.2 Å². The molecule has 0 bridgehead atoms. The molecule has 0 aliphatic heterocycles. The quantitative estimate of drug-likeness (QED) is 0.340. The van der Waals surface area contributed by atoms with Gasteiger partial charge in [0.05, 0.1) is 27.7 Å². The highest BCUT2D eigenvalue weighted by Gasteiger charge is 2.54. The van der Waals surface area contributed by atoms with E-state index in [1.807, 2.05) is 12.1 Å². The van der Waals surface area contributed by atoms with Gasteiger partial charge < -0.3 is 5.11 Å². The zero-order valence-electron chi connectivity index (χ0n) is 18.4.